The minimum atomic E-state index is -0.434. The van der Waals surface area contributed by atoms with Gasteiger partial charge in [-0.3, -0.25) is 9.69 Å². The first-order chi connectivity index (χ1) is 16.9. The van der Waals surface area contributed by atoms with Gasteiger partial charge in [0, 0.05) is 30.3 Å². The van der Waals surface area contributed by atoms with Crippen LogP contribution in [0.3, 0.4) is 0 Å². The number of amides is 1. The zero-order valence-corrected chi connectivity index (χ0v) is 20.2. The molecule has 1 N–H and O–H groups in total. The highest BCUT2D eigenvalue weighted by Crippen LogP contribution is 2.38. The number of aryl methyl sites for hydroxylation is 1. The van der Waals surface area contributed by atoms with Crippen molar-refractivity contribution in [3.05, 3.63) is 57.8 Å². The van der Waals surface area contributed by atoms with Crippen LogP contribution < -0.4 is 4.74 Å². The molecule has 5 heterocycles. The van der Waals surface area contributed by atoms with E-state index in [4.69, 9.17) is 16.3 Å². The standard InChI is InChI=1S/C25H27ClFN5O3/c1-14-21(26)12-32-24(28-14)20-11-30(13-22(20)29-32)25(34)19-5-2-15(27)8-23(19)35-18-9-16-3-4-17(10-18)31(16)6-7-33/h2,5,8,12,16-18,33H,3-4,6-7,9-11,13H2,1H3/t16-,17+,18?. The van der Waals surface area contributed by atoms with E-state index in [2.05, 4.69) is 15.0 Å². The molecule has 184 valence electrons. The second-order valence-corrected chi connectivity index (χ2v) is 10.1. The van der Waals surface area contributed by atoms with Gasteiger partial charge in [0.2, 0.25) is 0 Å². The van der Waals surface area contributed by atoms with Crippen LogP contribution in [-0.2, 0) is 13.1 Å². The fourth-order valence-electron chi connectivity index (χ4n) is 5.91. The molecular weight excluding hydrogens is 473 g/mol. The summed E-state index contributed by atoms with van der Waals surface area (Å²) < 4.78 is 22.2. The van der Waals surface area contributed by atoms with E-state index in [1.165, 1.54) is 18.2 Å². The zero-order chi connectivity index (χ0) is 24.3. The van der Waals surface area contributed by atoms with Crippen LogP contribution >= 0.6 is 11.6 Å². The van der Waals surface area contributed by atoms with E-state index in [1.54, 1.807) is 15.6 Å². The molecule has 1 aromatic carbocycles. The molecule has 0 saturated carbocycles. The Morgan fingerprint density at radius 2 is 2.03 bits per heavy atom. The lowest BCUT2D eigenvalue weighted by molar-refractivity contribution is 0.0380. The molecule has 3 aliphatic heterocycles. The number of hydrogen-bond donors (Lipinski definition) is 1. The quantitative estimate of drug-likeness (QED) is 0.579. The van der Waals surface area contributed by atoms with Crippen molar-refractivity contribution in [3.63, 3.8) is 0 Å². The van der Waals surface area contributed by atoms with Gasteiger partial charge in [-0.2, -0.15) is 5.10 Å². The Morgan fingerprint density at radius 3 is 2.77 bits per heavy atom. The summed E-state index contributed by atoms with van der Waals surface area (Å²) in [6, 6.07) is 4.83. The number of carbonyl (C=O) groups is 1. The molecule has 3 aromatic rings. The van der Waals surface area contributed by atoms with Crippen LogP contribution in [0.5, 0.6) is 5.75 Å². The highest BCUT2D eigenvalue weighted by Gasteiger charge is 2.41. The first kappa shape index (κ1) is 22.7. The van der Waals surface area contributed by atoms with Crippen molar-refractivity contribution in [2.24, 2.45) is 0 Å². The first-order valence-corrected chi connectivity index (χ1v) is 12.4. The fourth-order valence-corrected chi connectivity index (χ4v) is 6.04. The van der Waals surface area contributed by atoms with Crippen LogP contribution in [0.2, 0.25) is 5.02 Å². The van der Waals surface area contributed by atoms with Crippen molar-refractivity contribution in [2.45, 2.75) is 63.9 Å². The average Bonchev–Trinajstić information content (AvgIpc) is 3.44. The number of ether oxygens (including phenoxy) is 1. The number of piperidine rings is 1. The number of halogens is 2. The number of hydrogen-bond acceptors (Lipinski definition) is 6. The fraction of sp³-hybridized carbons (Fsp3) is 0.480. The molecule has 6 rings (SSSR count). The Kier molecular flexibility index (Phi) is 5.66. The van der Waals surface area contributed by atoms with Crippen LogP contribution in [0.15, 0.2) is 24.4 Å². The third kappa shape index (κ3) is 3.95. The molecule has 2 aromatic heterocycles. The van der Waals surface area contributed by atoms with Crippen molar-refractivity contribution in [3.8, 4) is 5.75 Å². The summed E-state index contributed by atoms with van der Waals surface area (Å²) in [6.07, 6.45) is 5.40. The molecule has 8 nitrogen and oxygen atoms in total. The molecule has 0 aliphatic carbocycles. The van der Waals surface area contributed by atoms with Gasteiger partial charge in [0.1, 0.15) is 17.7 Å². The van der Waals surface area contributed by atoms with E-state index in [-0.39, 0.29) is 24.4 Å². The molecule has 10 heteroatoms. The summed E-state index contributed by atoms with van der Waals surface area (Å²) in [7, 11) is 0. The predicted octanol–water partition coefficient (Wildman–Crippen LogP) is 3.35. The molecule has 1 amide bonds. The van der Waals surface area contributed by atoms with Gasteiger partial charge in [0.25, 0.3) is 5.91 Å². The first-order valence-electron chi connectivity index (χ1n) is 12.1. The molecule has 2 bridgehead atoms. The van der Waals surface area contributed by atoms with Crippen LogP contribution in [0.1, 0.15) is 53.0 Å². The maximum absolute atomic E-state index is 14.2. The second kappa shape index (κ2) is 8.72. The van der Waals surface area contributed by atoms with Crippen LogP contribution in [0.4, 0.5) is 4.39 Å². The minimum Gasteiger partial charge on any atom is -0.489 e. The predicted molar refractivity (Wildman–Crippen MR) is 127 cm³/mol. The van der Waals surface area contributed by atoms with Gasteiger partial charge < -0.3 is 14.7 Å². The third-order valence-corrected chi connectivity index (χ3v) is 7.93. The van der Waals surface area contributed by atoms with Gasteiger partial charge in [-0.25, -0.2) is 13.9 Å². The normalized spacial score (nSPS) is 23.8. The maximum atomic E-state index is 14.2. The molecule has 2 fully saturated rings. The summed E-state index contributed by atoms with van der Waals surface area (Å²) in [5, 5.41) is 14.5. The largest absolute Gasteiger partial charge is 0.489 e. The Bertz CT molecular complexity index is 1300. The smallest absolute Gasteiger partial charge is 0.258 e. The van der Waals surface area contributed by atoms with Gasteiger partial charge in [-0.1, -0.05) is 11.6 Å². The Labute approximate surface area is 207 Å². The Balaban J connectivity index is 1.22. The lowest BCUT2D eigenvalue weighted by atomic mass is 9.99. The van der Waals surface area contributed by atoms with E-state index in [0.29, 0.717) is 53.6 Å². The highest BCUT2D eigenvalue weighted by molar-refractivity contribution is 6.31. The van der Waals surface area contributed by atoms with Gasteiger partial charge in [0.15, 0.2) is 5.65 Å². The second-order valence-electron chi connectivity index (χ2n) is 9.73. The van der Waals surface area contributed by atoms with Crippen molar-refractivity contribution in [1.82, 2.24) is 24.4 Å². The Morgan fingerprint density at radius 1 is 1.26 bits per heavy atom. The van der Waals surface area contributed by atoms with Crippen LogP contribution in [0.25, 0.3) is 5.65 Å². The molecule has 3 aliphatic rings. The van der Waals surface area contributed by atoms with E-state index in [1.807, 2.05) is 6.92 Å². The van der Waals surface area contributed by atoms with Gasteiger partial charge in [-0.15, -0.1) is 0 Å². The lowest BCUT2D eigenvalue weighted by Crippen LogP contribution is -2.47. The minimum absolute atomic E-state index is 0.0901. The molecular formula is C25H27ClFN5O3. The molecule has 0 radical (unpaired) electrons. The Hall–Kier alpha value is -2.75. The maximum Gasteiger partial charge on any atom is 0.258 e. The lowest BCUT2D eigenvalue weighted by Gasteiger charge is -2.38. The summed E-state index contributed by atoms with van der Waals surface area (Å²) in [5.41, 5.74) is 3.43. The summed E-state index contributed by atoms with van der Waals surface area (Å²) in [6.45, 7) is 3.36. The SMILES string of the molecule is Cc1nc2c3c(nn2cc1Cl)CN(C(=O)c1ccc(F)cc1OC1C[C@H]2CC[C@@H](C1)N2CCO)C3. The number of nitrogens with zero attached hydrogens (tertiary/aromatic N) is 5. The van der Waals surface area contributed by atoms with Gasteiger partial charge in [-0.05, 0) is 44.7 Å². The monoisotopic (exact) mass is 499 g/mol. The number of benzene rings is 1. The number of aromatic nitrogens is 3. The van der Waals surface area contributed by atoms with Gasteiger partial charge in [0.05, 0.1) is 47.9 Å². The van der Waals surface area contributed by atoms with Gasteiger partial charge >= 0.3 is 0 Å². The van der Waals surface area contributed by atoms with E-state index < -0.39 is 5.82 Å². The molecule has 3 atom stereocenters. The summed E-state index contributed by atoms with van der Waals surface area (Å²) >= 11 is 6.18. The summed E-state index contributed by atoms with van der Waals surface area (Å²) in [4.78, 5) is 22.1. The zero-order valence-electron chi connectivity index (χ0n) is 19.5. The number of aliphatic hydroxyl groups is 1. The van der Waals surface area contributed by atoms with Crippen molar-refractivity contribution in [2.75, 3.05) is 13.2 Å². The number of aliphatic hydroxyl groups excluding tert-OH is 1. The molecule has 35 heavy (non-hydrogen) atoms. The van der Waals surface area contributed by atoms with E-state index >= 15 is 0 Å². The van der Waals surface area contributed by atoms with Crippen molar-refractivity contribution in [1.29, 1.82) is 0 Å². The van der Waals surface area contributed by atoms with Crippen molar-refractivity contribution >= 4 is 23.2 Å². The van der Waals surface area contributed by atoms with Crippen molar-refractivity contribution < 1.29 is 19.0 Å². The average molecular weight is 500 g/mol. The number of carbonyl (C=O) groups excluding carboxylic acids is 1. The number of rotatable bonds is 5. The molecule has 2 saturated heterocycles. The topological polar surface area (TPSA) is 83.2 Å². The highest BCUT2D eigenvalue weighted by atomic mass is 35.5. The van der Waals surface area contributed by atoms with Crippen LogP contribution in [0, 0.1) is 12.7 Å². The van der Waals surface area contributed by atoms with E-state index in [9.17, 15) is 14.3 Å². The summed E-state index contributed by atoms with van der Waals surface area (Å²) in [5.74, 6) is -0.367. The van der Waals surface area contributed by atoms with Crippen LogP contribution in [-0.4, -0.2) is 66.8 Å². The molecule has 0 spiro atoms. The number of fused-ring (bicyclic) bond motifs is 5. The molecule has 1 unspecified atom stereocenters. The third-order valence-electron chi connectivity index (χ3n) is 7.56. The van der Waals surface area contributed by atoms with E-state index in [0.717, 1.165) is 36.9 Å².